The van der Waals surface area contributed by atoms with Gasteiger partial charge in [0, 0.05) is 18.8 Å². The van der Waals surface area contributed by atoms with Crippen LogP contribution in [0.1, 0.15) is 6.92 Å². The minimum absolute atomic E-state index is 0.00813. The summed E-state index contributed by atoms with van der Waals surface area (Å²) in [4.78, 5) is 4.00. The van der Waals surface area contributed by atoms with Crippen LogP contribution in [0.15, 0.2) is 41.4 Å². The van der Waals surface area contributed by atoms with E-state index in [1.54, 1.807) is 0 Å². The molecule has 8 heteroatoms. The van der Waals surface area contributed by atoms with Gasteiger partial charge in [0.1, 0.15) is 11.6 Å². The van der Waals surface area contributed by atoms with Crippen LogP contribution in [-0.2, 0) is 10.0 Å². The zero-order chi connectivity index (χ0) is 15.5. The number of rotatable bonds is 5. The van der Waals surface area contributed by atoms with Crippen molar-refractivity contribution in [3.63, 3.8) is 0 Å². The number of benzene rings is 1. The van der Waals surface area contributed by atoms with E-state index in [-0.39, 0.29) is 15.6 Å². The Hall–Kier alpha value is -1.86. The van der Waals surface area contributed by atoms with Crippen LogP contribution in [-0.4, -0.2) is 19.9 Å². The molecule has 2 aromatic rings. The second-order valence-corrected chi connectivity index (χ2v) is 6.23. The Balaban J connectivity index is 2.34. The number of nitrogens with one attached hydrogen (secondary N) is 2. The van der Waals surface area contributed by atoms with Gasteiger partial charge in [0.15, 0.2) is 0 Å². The van der Waals surface area contributed by atoms with Crippen molar-refractivity contribution in [2.24, 2.45) is 0 Å². The van der Waals surface area contributed by atoms with Crippen LogP contribution in [0, 0.1) is 5.82 Å². The van der Waals surface area contributed by atoms with E-state index in [4.69, 9.17) is 11.6 Å². The summed E-state index contributed by atoms with van der Waals surface area (Å²) in [5.41, 5.74) is -0.0153. The van der Waals surface area contributed by atoms with Gasteiger partial charge in [0.05, 0.1) is 15.6 Å². The van der Waals surface area contributed by atoms with Crippen LogP contribution in [0.25, 0.3) is 0 Å². The second kappa shape index (κ2) is 6.28. The molecule has 0 unspecified atom stereocenters. The zero-order valence-corrected chi connectivity index (χ0v) is 12.7. The number of halogens is 2. The largest absolute Gasteiger partial charge is 0.370 e. The van der Waals surface area contributed by atoms with E-state index >= 15 is 0 Å². The van der Waals surface area contributed by atoms with Crippen molar-refractivity contribution in [3.8, 4) is 0 Å². The smallest absolute Gasteiger partial charge is 0.262 e. The Morgan fingerprint density at radius 1 is 1.29 bits per heavy atom. The van der Waals surface area contributed by atoms with Crippen molar-refractivity contribution in [1.29, 1.82) is 0 Å². The van der Waals surface area contributed by atoms with Gasteiger partial charge in [-0.1, -0.05) is 11.6 Å². The summed E-state index contributed by atoms with van der Waals surface area (Å²) in [5, 5.41) is 3.03. The molecule has 0 bridgehead atoms. The number of sulfonamides is 1. The molecule has 2 rings (SSSR count). The average molecular weight is 330 g/mol. The molecule has 2 N–H and O–H groups in total. The third kappa shape index (κ3) is 3.83. The third-order valence-corrected chi connectivity index (χ3v) is 4.27. The lowest BCUT2D eigenvalue weighted by molar-refractivity contribution is 0.601. The molecule has 5 nitrogen and oxygen atoms in total. The summed E-state index contributed by atoms with van der Waals surface area (Å²) in [7, 11) is -3.87. The molecule has 1 aromatic heterocycles. The first-order valence-corrected chi connectivity index (χ1v) is 7.96. The lowest BCUT2D eigenvalue weighted by Gasteiger charge is -2.10. The van der Waals surface area contributed by atoms with Gasteiger partial charge in [-0.15, -0.1) is 0 Å². The molecule has 112 valence electrons. The fraction of sp³-hybridized carbons (Fsp3) is 0.154. The maximum Gasteiger partial charge on any atom is 0.262 e. The molecule has 0 spiro atoms. The average Bonchev–Trinajstić information content (AvgIpc) is 2.43. The summed E-state index contributed by atoms with van der Waals surface area (Å²) < 4.78 is 40.0. The predicted octanol–water partition coefficient (Wildman–Crippen LogP) is 3.11. The van der Waals surface area contributed by atoms with Gasteiger partial charge in [-0.05, 0) is 31.2 Å². The third-order valence-electron chi connectivity index (χ3n) is 2.57. The van der Waals surface area contributed by atoms with Crippen molar-refractivity contribution >= 4 is 33.1 Å². The Kier molecular flexibility index (Phi) is 4.64. The first kappa shape index (κ1) is 15.5. The Morgan fingerprint density at radius 3 is 2.76 bits per heavy atom. The molecule has 0 aliphatic heterocycles. The molecule has 0 atom stereocenters. The number of nitrogens with zero attached hydrogens (tertiary/aromatic N) is 1. The van der Waals surface area contributed by atoms with Crippen molar-refractivity contribution in [3.05, 3.63) is 47.4 Å². The molecule has 0 radical (unpaired) electrons. The fourth-order valence-corrected chi connectivity index (χ4v) is 2.94. The first-order valence-electron chi connectivity index (χ1n) is 6.10. The van der Waals surface area contributed by atoms with E-state index in [0.717, 1.165) is 12.1 Å². The Labute approximate surface area is 127 Å². The van der Waals surface area contributed by atoms with Crippen LogP contribution in [0.2, 0.25) is 5.02 Å². The highest BCUT2D eigenvalue weighted by Gasteiger charge is 2.17. The summed E-state index contributed by atoms with van der Waals surface area (Å²) in [6.45, 7) is 2.48. The molecule has 1 aromatic carbocycles. The van der Waals surface area contributed by atoms with Gasteiger partial charge in [0.25, 0.3) is 10.0 Å². The van der Waals surface area contributed by atoms with Crippen molar-refractivity contribution in [1.82, 2.24) is 4.98 Å². The molecule has 0 aliphatic carbocycles. The van der Waals surface area contributed by atoms with Crippen molar-refractivity contribution in [2.75, 3.05) is 16.6 Å². The highest BCUT2D eigenvalue weighted by atomic mass is 35.5. The van der Waals surface area contributed by atoms with E-state index in [1.807, 2.05) is 6.92 Å². The van der Waals surface area contributed by atoms with E-state index in [9.17, 15) is 12.8 Å². The Morgan fingerprint density at radius 2 is 2.05 bits per heavy atom. The van der Waals surface area contributed by atoms with Gasteiger partial charge < -0.3 is 5.32 Å². The molecule has 0 saturated carbocycles. The lowest BCUT2D eigenvalue weighted by atomic mass is 10.3. The topological polar surface area (TPSA) is 71.1 Å². The number of hydrogen-bond donors (Lipinski definition) is 2. The lowest BCUT2D eigenvalue weighted by Crippen LogP contribution is -2.14. The number of anilines is 2. The molecule has 0 aliphatic rings. The molecular formula is C13H13ClFN3O2S. The zero-order valence-electron chi connectivity index (χ0n) is 11.1. The van der Waals surface area contributed by atoms with Gasteiger partial charge in [-0.2, -0.15) is 0 Å². The normalized spacial score (nSPS) is 11.2. The molecule has 21 heavy (non-hydrogen) atoms. The van der Waals surface area contributed by atoms with E-state index in [2.05, 4.69) is 15.0 Å². The van der Waals surface area contributed by atoms with Gasteiger partial charge in [0.2, 0.25) is 0 Å². The molecule has 0 saturated heterocycles. The van der Waals surface area contributed by atoms with E-state index in [1.165, 1.54) is 24.4 Å². The Bertz CT molecular complexity index is 753. The maximum absolute atomic E-state index is 13.2. The maximum atomic E-state index is 13.2. The molecule has 0 amide bonds. The van der Waals surface area contributed by atoms with E-state index in [0.29, 0.717) is 12.4 Å². The first-order chi connectivity index (χ1) is 9.92. The molecule has 1 heterocycles. The summed E-state index contributed by atoms with van der Waals surface area (Å²) in [6, 6.07) is 6.18. The highest BCUT2D eigenvalue weighted by Crippen LogP contribution is 2.25. The van der Waals surface area contributed by atoms with Crippen molar-refractivity contribution in [2.45, 2.75) is 11.8 Å². The van der Waals surface area contributed by atoms with Crippen LogP contribution in [0.4, 0.5) is 15.9 Å². The van der Waals surface area contributed by atoms with Crippen LogP contribution < -0.4 is 10.0 Å². The van der Waals surface area contributed by atoms with Gasteiger partial charge in [-0.25, -0.2) is 17.8 Å². The van der Waals surface area contributed by atoms with E-state index < -0.39 is 15.8 Å². The van der Waals surface area contributed by atoms with Gasteiger partial charge in [-0.3, -0.25) is 4.72 Å². The fourth-order valence-electron chi connectivity index (χ4n) is 1.64. The summed E-state index contributed by atoms with van der Waals surface area (Å²) in [5.74, 6) is -0.147. The van der Waals surface area contributed by atoms with Crippen LogP contribution in [0.5, 0.6) is 0 Å². The second-order valence-electron chi connectivity index (χ2n) is 4.14. The van der Waals surface area contributed by atoms with Crippen molar-refractivity contribution < 1.29 is 12.8 Å². The number of pyridine rings is 1. The van der Waals surface area contributed by atoms with Crippen LogP contribution >= 0.6 is 11.6 Å². The quantitative estimate of drug-likeness (QED) is 0.884. The monoisotopic (exact) mass is 329 g/mol. The number of hydrogen-bond acceptors (Lipinski definition) is 4. The minimum atomic E-state index is -3.87. The minimum Gasteiger partial charge on any atom is -0.370 e. The standard InChI is InChI=1S/C13H13ClFN3O2S/c1-2-16-13-8-10(5-6-17-13)21(19,20)18-12-7-9(15)3-4-11(12)14/h3-8,18H,2H2,1H3,(H,16,17). The highest BCUT2D eigenvalue weighted by molar-refractivity contribution is 7.92. The predicted molar refractivity (Wildman–Crippen MR) is 80.6 cm³/mol. The summed E-state index contributed by atoms with van der Waals surface area (Å²) >= 11 is 5.85. The number of aromatic nitrogens is 1. The SMILES string of the molecule is CCNc1cc(S(=O)(=O)Nc2cc(F)ccc2Cl)ccn1. The molecular weight excluding hydrogens is 317 g/mol. The van der Waals surface area contributed by atoms with Crippen LogP contribution in [0.3, 0.4) is 0 Å². The van der Waals surface area contributed by atoms with Gasteiger partial charge >= 0.3 is 0 Å². The summed E-state index contributed by atoms with van der Waals surface area (Å²) in [6.07, 6.45) is 1.37. The molecule has 0 fully saturated rings.